The van der Waals surface area contributed by atoms with Crippen molar-refractivity contribution in [1.29, 1.82) is 0 Å². The van der Waals surface area contributed by atoms with Gasteiger partial charge in [-0.2, -0.15) is 0 Å². The van der Waals surface area contributed by atoms with Crippen molar-refractivity contribution >= 4 is 44.7 Å². The molecule has 0 saturated heterocycles. The number of rotatable bonds is 3. The van der Waals surface area contributed by atoms with E-state index < -0.39 is 5.82 Å². The van der Waals surface area contributed by atoms with Gasteiger partial charge in [-0.15, -0.1) is 0 Å². The number of benzene rings is 2. The number of carbonyl (C=O) groups is 1. The molecule has 0 aliphatic carbocycles. The lowest BCUT2D eigenvalue weighted by Crippen LogP contribution is -2.15. The maximum absolute atomic E-state index is 13.1. The predicted molar refractivity (Wildman–Crippen MR) is 89.1 cm³/mol. The van der Waals surface area contributed by atoms with Crippen molar-refractivity contribution in [2.75, 3.05) is 5.32 Å². The topological polar surface area (TPSA) is 55.1 Å². The van der Waals surface area contributed by atoms with E-state index in [9.17, 15) is 9.18 Å². The Hall–Kier alpha value is -1.79. The third-order valence-corrected chi connectivity index (χ3v) is 3.84. The summed E-state index contributed by atoms with van der Waals surface area (Å²) in [6, 6.07) is 9.23. The van der Waals surface area contributed by atoms with Gasteiger partial charge in [-0.25, -0.2) is 4.39 Å². The Labute approximate surface area is 135 Å². The van der Waals surface area contributed by atoms with Gasteiger partial charge in [0.1, 0.15) is 10.8 Å². The predicted octanol–water partition coefficient (Wildman–Crippen LogP) is 3.78. The first-order valence-electron chi connectivity index (χ1n) is 6.05. The zero-order valence-electron chi connectivity index (χ0n) is 11.1. The normalized spacial score (nSPS) is 10.2. The standard InChI is InChI=1S/C15H12BrFN2OS/c1-8-2-3-9(14(18)21)6-13(8)19-15(20)11-5-4-10(17)7-12(11)16/h2-7H,1H3,(H2,18,21)(H,19,20). The molecule has 2 rings (SSSR count). The average molecular weight is 367 g/mol. The highest BCUT2D eigenvalue weighted by Crippen LogP contribution is 2.22. The highest BCUT2D eigenvalue weighted by molar-refractivity contribution is 9.10. The summed E-state index contributed by atoms with van der Waals surface area (Å²) >= 11 is 8.10. The van der Waals surface area contributed by atoms with Gasteiger partial charge in [-0.05, 0) is 52.7 Å². The summed E-state index contributed by atoms with van der Waals surface area (Å²) in [6.45, 7) is 1.86. The van der Waals surface area contributed by atoms with Gasteiger partial charge in [0.05, 0.1) is 5.56 Å². The Bertz CT molecular complexity index is 734. The van der Waals surface area contributed by atoms with Crippen molar-refractivity contribution in [3.63, 3.8) is 0 Å². The van der Waals surface area contributed by atoms with Gasteiger partial charge in [-0.1, -0.05) is 24.4 Å². The Balaban J connectivity index is 2.31. The van der Waals surface area contributed by atoms with Gasteiger partial charge < -0.3 is 11.1 Å². The number of nitrogens with one attached hydrogen (secondary N) is 1. The molecule has 3 N–H and O–H groups in total. The molecule has 0 aliphatic heterocycles. The lowest BCUT2D eigenvalue weighted by Gasteiger charge is -2.11. The summed E-state index contributed by atoms with van der Waals surface area (Å²) in [5.41, 5.74) is 8.09. The van der Waals surface area contributed by atoms with Crippen LogP contribution in [-0.2, 0) is 0 Å². The van der Waals surface area contributed by atoms with E-state index in [0.717, 1.165) is 5.56 Å². The zero-order valence-corrected chi connectivity index (χ0v) is 13.5. The van der Waals surface area contributed by atoms with Gasteiger partial charge in [0.15, 0.2) is 0 Å². The molecule has 0 aromatic heterocycles. The molecule has 0 heterocycles. The van der Waals surface area contributed by atoms with Crippen molar-refractivity contribution in [3.8, 4) is 0 Å². The van der Waals surface area contributed by atoms with Gasteiger partial charge in [0.25, 0.3) is 5.91 Å². The summed E-state index contributed by atoms with van der Waals surface area (Å²) in [7, 11) is 0. The first-order chi connectivity index (χ1) is 9.88. The molecule has 0 fully saturated rings. The van der Waals surface area contributed by atoms with Crippen LogP contribution in [0.5, 0.6) is 0 Å². The van der Waals surface area contributed by atoms with Crippen molar-refractivity contribution in [3.05, 3.63) is 63.4 Å². The second-order valence-electron chi connectivity index (χ2n) is 4.47. The Morgan fingerprint density at radius 3 is 2.62 bits per heavy atom. The number of halogens is 2. The third-order valence-electron chi connectivity index (χ3n) is 2.95. The molecule has 0 unspecified atom stereocenters. The maximum atomic E-state index is 13.1. The summed E-state index contributed by atoms with van der Waals surface area (Å²) < 4.78 is 13.4. The van der Waals surface area contributed by atoms with E-state index in [2.05, 4.69) is 21.2 Å². The minimum atomic E-state index is -0.412. The monoisotopic (exact) mass is 366 g/mol. The van der Waals surface area contributed by atoms with E-state index in [1.54, 1.807) is 12.1 Å². The van der Waals surface area contributed by atoms with Crippen LogP contribution in [0, 0.1) is 12.7 Å². The lowest BCUT2D eigenvalue weighted by molar-refractivity contribution is 0.102. The Kier molecular flexibility index (Phi) is 4.69. The van der Waals surface area contributed by atoms with Crippen LogP contribution in [-0.4, -0.2) is 10.9 Å². The molecular formula is C15H12BrFN2OS. The SMILES string of the molecule is Cc1ccc(C(N)=S)cc1NC(=O)c1ccc(F)cc1Br. The molecule has 21 heavy (non-hydrogen) atoms. The minimum Gasteiger partial charge on any atom is -0.389 e. The molecule has 0 radical (unpaired) electrons. The molecule has 1 amide bonds. The molecule has 6 heteroatoms. The largest absolute Gasteiger partial charge is 0.389 e. The van der Waals surface area contributed by atoms with Gasteiger partial charge in [0, 0.05) is 15.7 Å². The number of thiocarbonyl (C=S) groups is 1. The highest BCUT2D eigenvalue weighted by Gasteiger charge is 2.12. The summed E-state index contributed by atoms with van der Waals surface area (Å²) in [4.78, 5) is 12.5. The molecule has 0 spiro atoms. The molecule has 2 aromatic carbocycles. The third kappa shape index (κ3) is 3.65. The summed E-state index contributed by atoms with van der Waals surface area (Å²) in [6.07, 6.45) is 0. The number of hydrogen-bond acceptors (Lipinski definition) is 2. The van der Waals surface area contributed by atoms with Crippen LogP contribution in [0.15, 0.2) is 40.9 Å². The molecule has 3 nitrogen and oxygen atoms in total. The molecule has 2 aromatic rings. The van der Waals surface area contributed by atoms with E-state index in [-0.39, 0.29) is 10.9 Å². The molecule has 0 bridgehead atoms. The van der Waals surface area contributed by atoms with Crippen LogP contribution < -0.4 is 11.1 Å². The Morgan fingerprint density at radius 1 is 1.29 bits per heavy atom. The maximum Gasteiger partial charge on any atom is 0.256 e. The fourth-order valence-electron chi connectivity index (χ4n) is 1.77. The van der Waals surface area contributed by atoms with Crippen LogP contribution in [0.2, 0.25) is 0 Å². The number of hydrogen-bond donors (Lipinski definition) is 2. The fourth-order valence-corrected chi connectivity index (χ4v) is 2.43. The first-order valence-corrected chi connectivity index (χ1v) is 7.25. The van der Waals surface area contributed by atoms with Gasteiger partial charge >= 0.3 is 0 Å². The van der Waals surface area contributed by atoms with Gasteiger partial charge in [0.2, 0.25) is 0 Å². The fraction of sp³-hybridized carbons (Fsp3) is 0.0667. The smallest absolute Gasteiger partial charge is 0.256 e. The molecular weight excluding hydrogens is 355 g/mol. The highest BCUT2D eigenvalue weighted by atomic mass is 79.9. The number of nitrogens with two attached hydrogens (primary N) is 1. The average Bonchev–Trinajstić information content (AvgIpc) is 2.40. The van der Waals surface area contributed by atoms with Crippen molar-refractivity contribution in [2.24, 2.45) is 5.73 Å². The first kappa shape index (κ1) is 15.6. The van der Waals surface area contributed by atoms with Crippen LogP contribution in [0.3, 0.4) is 0 Å². The second kappa shape index (κ2) is 6.32. The van der Waals surface area contributed by atoms with E-state index >= 15 is 0 Å². The number of anilines is 1. The summed E-state index contributed by atoms with van der Waals surface area (Å²) in [5.74, 6) is -0.754. The minimum absolute atomic E-state index is 0.258. The molecule has 0 atom stereocenters. The van der Waals surface area contributed by atoms with Crippen LogP contribution >= 0.6 is 28.1 Å². The number of carbonyl (C=O) groups excluding carboxylic acids is 1. The molecule has 0 saturated carbocycles. The van der Waals surface area contributed by atoms with Crippen LogP contribution in [0.25, 0.3) is 0 Å². The van der Waals surface area contributed by atoms with E-state index in [4.69, 9.17) is 18.0 Å². The van der Waals surface area contributed by atoms with E-state index in [1.807, 2.05) is 13.0 Å². The van der Waals surface area contributed by atoms with E-state index in [1.165, 1.54) is 18.2 Å². The summed E-state index contributed by atoms with van der Waals surface area (Å²) in [5, 5.41) is 2.78. The van der Waals surface area contributed by atoms with Crippen LogP contribution in [0.1, 0.15) is 21.5 Å². The van der Waals surface area contributed by atoms with Crippen LogP contribution in [0.4, 0.5) is 10.1 Å². The molecule has 108 valence electrons. The Morgan fingerprint density at radius 2 is 2.00 bits per heavy atom. The quantitative estimate of drug-likeness (QED) is 0.812. The lowest BCUT2D eigenvalue weighted by atomic mass is 10.1. The number of aryl methyl sites for hydroxylation is 1. The zero-order chi connectivity index (χ0) is 15.6. The van der Waals surface area contributed by atoms with Crippen molar-refractivity contribution in [1.82, 2.24) is 0 Å². The molecule has 0 aliphatic rings. The van der Waals surface area contributed by atoms with Crippen molar-refractivity contribution in [2.45, 2.75) is 6.92 Å². The van der Waals surface area contributed by atoms with E-state index in [0.29, 0.717) is 21.3 Å². The van der Waals surface area contributed by atoms with Crippen molar-refractivity contribution < 1.29 is 9.18 Å². The second-order valence-corrected chi connectivity index (χ2v) is 5.77. The number of amides is 1. The van der Waals surface area contributed by atoms with Gasteiger partial charge in [-0.3, -0.25) is 4.79 Å².